The lowest BCUT2D eigenvalue weighted by atomic mass is 9.39. The zero-order valence-electron chi connectivity index (χ0n) is 26.6. The molecule has 0 radical (unpaired) electrons. The Labute approximate surface area is 246 Å². The van der Waals surface area contributed by atoms with Crippen LogP contribution in [-0.2, 0) is 19.5 Å². The quantitative estimate of drug-likeness (QED) is 0.252. The van der Waals surface area contributed by atoms with E-state index in [9.17, 15) is 0 Å². The van der Waals surface area contributed by atoms with Crippen LogP contribution in [0.3, 0.4) is 0 Å². The van der Waals surface area contributed by atoms with Crippen LogP contribution in [-0.4, -0.2) is 32.2 Å². The van der Waals surface area contributed by atoms with E-state index in [-0.39, 0.29) is 28.9 Å². The van der Waals surface area contributed by atoms with E-state index in [1.54, 1.807) is 19.2 Å². The summed E-state index contributed by atoms with van der Waals surface area (Å²) in [6.07, 6.45) is 7.08. The molecule has 0 N–H and O–H groups in total. The standard InChI is InChI=1S/C35H48BFO4/c1-22(2)24-10-11-26(29(12-24)36-40-31(3,4)32(5,6)41-36)27-13-25(37)14-28(30(27)39-21-38-9)35-17-23-15-33(7,19-35)18-34(8,16-23)20-35/h10-14,22-23H,15-21H2,1-9H3/t23-,33-,34+,35?. The van der Waals surface area contributed by atoms with Crippen molar-refractivity contribution < 1.29 is 23.2 Å². The van der Waals surface area contributed by atoms with Crippen LogP contribution in [0.5, 0.6) is 5.75 Å². The zero-order valence-corrected chi connectivity index (χ0v) is 26.6. The highest BCUT2D eigenvalue weighted by molar-refractivity contribution is 6.64. The molecule has 1 aliphatic heterocycles. The van der Waals surface area contributed by atoms with Crippen molar-refractivity contribution in [1.82, 2.24) is 0 Å². The summed E-state index contributed by atoms with van der Waals surface area (Å²) in [6, 6.07) is 9.84. The van der Waals surface area contributed by atoms with E-state index in [2.05, 4.69) is 73.6 Å². The Morgan fingerprint density at radius 2 is 1.51 bits per heavy atom. The second-order valence-corrected chi connectivity index (χ2v) is 15.9. The molecule has 4 bridgehead atoms. The minimum absolute atomic E-state index is 0.106. The van der Waals surface area contributed by atoms with E-state index in [1.807, 2.05) is 0 Å². The molecule has 1 saturated heterocycles. The lowest BCUT2D eigenvalue weighted by molar-refractivity contribution is -0.110. The maximum atomic E-state index is 15.9. The van der Waals surface area contributed by atoms with Gasteiger partial charge >= 0.3 is 7.12 Å². The first-order chi connectivity index (χ1) is 19.1. The summed E-state index contributed by atoms with van der Waals surface area (Å²) in [5.74, 6) is 1.52. The number of halogens is 1. The maximum absolute atomic E-state index is 15.9. The van der Waals surface area contributed by atoms with Gasteiger partial charge in [0.05, 0.1) is 11.2 Å². The first-order valence-electron chi connectivity index (χ1n) is 15.5. The third-order valence-corrected chi connectivity index (χ3v) is 11.1. The smallest absolute Gasteiger partial charge is 0.467 e. The van der Waals surface area contributed by atoms with Crippen molar-refractivity contribution in [3.8, 4) is 16.9 Å². The van der Waals surface area contributed by atoms with Gasteiger partial charge in [0.15, 0.2) is 6.79 Å². The summed E-state index contributed by atoms with van der Waals surface area (Å²) in [4.78, 5) is 0. The Morgan fingerprint density at radius 1 is 0.878 bits per heavy atom. The van der Waals surface area contributed by atoms with Gasteiger partial charge < -0.3 is 18.8 Å². The minimum Gasteiger partial charge on any atom is -0.467 e. The van der Waals surface area contributed by atoms with Gasteiger partial charge in [0.2, 0.25) is 0 Å². The van der Waals surface area contributed by atoms with Gasteiger partial charge in [-0.2, -0.15) is 0 Å². The molecule has 5 aliphatic rings. The van der Waals surface area contributed by atoms with Crippen molar-refractivity contribution >= 4 is 12.6 Å². The summed E-state index contributed by atoms with van der Waals surface area (Å²) < 4.78 is 41.0. The first-order valence-corrected chi connectivity index (χ1v) is 15.5. The average Bonchev–Trinajstić information content (AvgIpc) is 3.06. The molecule has 0 aromatic heterocycles. The highest BCUT2D eigenvalue weighted by Gasteiger charge is 2.61. The fourth-order valence-electron chi connectivity index (χ4n) is 9.56. The van der Waals surface area contributed by atoms with Gasteiger partial charge in [-0.3, -0.25) is 0 Å². The molecule has 2 aromatic rings. The minimum atomic E-state index is -0.576. The predicted molar refractivity (Wildman–Crippen MR) is 163 cm³/mol. The van der Waals surface area contributed by atoms with Crippen molar-refractivity contribution in [2.45, 2.75) is 116 Å². The molecular formula is C35H48BFO4. The van der Waals surface area contributed by atoms with Crippen molar-refractivity contribution in [2.75, 3.05) is 13.9 Å². The lowest BCUT2D eigenvalue weighted by Crippen LogP contribution is -2.57. The monoisotopic (exact) mass is 562 g/mol. The van der Waals surface area contributed by atoms with Gasteiger partial charge in [-0.15, -0.1) is 0 Å². The number of hydrogen-bond acceptors (Lipinski definition) is 4. The number of hydrogen-bond donors (Lipinski definition) is 0. The molecule has 7 rings (SSSR count). The van der Waals surface area contributed by atoms with Gasteiger partial charge in [-0.05, 0) is 118 Å². The van der Waals surface area contributed by atoms with Crippen LogP contribution in [0.2, 0.25) is 0 Å². The lowest BCUT2D eigenvalue weighted by Gasteiger charge is -2.65. The number of ether oxygens (including phenoxy) is 2. The van der Waals surface area contributed by atoms with Gasteiger partial charge in [-0.25, -0.2) is 4.39 Å². The molecule has 0 amide bonds. The third kappa shape index (κ3) is 4.86. The molecule has 1 heterocycles. The van der Waals surface area contributed by atoms with E-state index < -0.39 is 18.3 Å². The Hall–Kier alpha value is -1.89. The van der Waals surface area contributed by atoms with E-state index in [1.165, 1.54) is 24.8 Å². The molecule has 0 spiro atoms. The molecule has 2 aromatic carbocycles. The highest BCUT2D eigenvalue weighted by atomic mass is 19.1. The Bertz CT molecular complexity index is 1320. The molecule has 5 fully saturated rings. The van der Waals surface area contributed by atoms with E-state index in [0.29, 0.717) is 11.8 Å². The van der Waals surface area contributed by atoms with Crippen LogP contribution in [0, 0.1) is 22.6 Å². The summed E-state index contributed by atoms with van der Waals surface area (Å²) in [5.41, 5.74) is 4.24. The van der Waals surface area contributed by atoms with Gasteiger partial charge in [0, 0.05) is 23.7 Å². The number of methoxy groups -OCH3 is 1. The molecule has 222 valence electrons. The number of rotatable bonds is 7. The summed E-state index contributed by atoms with van der Waals surface area (Å²) >= 11 is 0. The SMILES string of the molecule is COCOc1c(-c2ccc(C(C)C)cc2B2OC(C)(C)C(C)(C)O2)cc(F)cc1C12C[C@@H]3C[C@@](C)(C1)C[C@](C)(C3)C2. The summed E-state index contributed by atoms with van der Waals surface area (Å²) in [6.45, 7) is 17.7. The van der Waals surface area contributed by atoms with Crippen molar-refractivity contribution in [1.29, 1.82) is 0 Å². The number of benzene rings is 2. The van der Waals surface area contributed by atoms with Gasteiger partial charge in [0.1, 0.15) is 11.6 Å². The van der Waals surface area contributed by atoms with Crippen molar-refractivity contribution in [2.24, 2.45) is 16.7 Å². The third-order valence-electron chi connectivity index (χ3n) is 11.1. The molecule has 4 aliphatic carbocycles. The molecular weight excluding hydrogens is 514 g/mol. The van der Waals surface area contributed by atoms with Crippen molar-refractivity contribution in [3.05, 3.63) is 47.3 Å². The second kappa shape index (κ2) is 9.56. The van der Waals surface area contributed by atoms with Crippen LogP contribution in [0.1, 0.15) is 111 Å². The van der Waals surface area contributed by atoms with Gasteiger partial charge in [0.25, 0.3) is 0 Å². The predicted octanol–water partition coefficient (Wildman–Crippen LogP) is 8.15. The van der Waals surface area contributed by atoms with E-state index in [0.717, 1.165) is 47.2 Å². The van der Waals surface area contributed by atoms with E-state index in [4.69, 9.17) is 18.8 Å². The Morgan fingerprint density at radius 3 is 2.07 bits per heavy atom. The van der Waals surface area contributed by atoms with Crippen LogP contribution >= 0.6 is 0 Å². The molecule has 6 heteroatoms. The summed E-state index contributed by atoms with van der Waals surface area (Å²) in [7, 11) is 1.07. The molecule has 4 saturated carbocycles. The first kappa shape index (κ1) is 29.2. The van der Waals surface area contributed by atoms with Crippen molar-refractivity contribution in [3.63, 3.8) is 0 Å². The topological polar surface area (TPSA) is 36.9 Å². The van der Waals surface area contributed by atoms with Crippen LogP contribution < -0.4 is 10.2 Å². The molecule has 41 heavy (non-hydrogen) atoms. The van der Waals surface area contributed by atoms with Crippen LogP contribution in [0.4, 0.5) is 4.39 Å². The highest BCUT2D eigenvalue weighted by Crippen LogP contribution is 2.70. The fraction of sp³-hybridized carbons (Fsp3) is 0.657. The van der Waals surface area contributed by atoms with Gasteiger partial charge in [-0.1, -0.05) is 45.9 Å². The normalized spacial score (nSPS) is 33.1. The Kier molecular flexibility index (Phi) is 6.81. The maximum Gasteiger partial charge on any atom is 0.495 e. The average molecular weight is 563 g/mol. The fourth-order valence-corrected chi connectivity index (χ4v) is 9.56. The molecule has 1 unspecified atom stereocenters. The second-order valence-electron chi connectivity index (χ2n) is 15.9. The van der Waals surface area contributed by atoms with Crippen LogP contribution in [0.15, 0.2) is 30.3 Å². The Balaban J connectivity index is 1.55. The van der Waals surface area contributed by atoms with Crippen LogP contribution in [0.25, 0.3) is 11.1 Å². The van der Waals surface area contributed by atoms with E-state index >= 15 is 4.39 Å². The largest absolute Gasteiger partial charge is 0.495 e. The molecule has 4 atom stereocenters. The zero-order chi connectivity index (χ0) is 29.6. The summed E-state index contributed by atoms with van der Waals surface area (Å²) in [5, 5.41) is 0. The molecule has 4 nitrogen and oxygen atoms in total.